The minimum Gasteiger partial charge on any atom is -0.349 e. The van der Waals surface area contributed by atoms with Crippen molar-refractivity contribution < 1.29 is 4.79 Å². The highest BCUT2D eigenvalue weighted by atomic mass is 16.1. The molecule has 1 N–H and O–H groups in total. The molecule has 0 saturated heterocycles. The molecule has 1 unspecified atom stereocenters. The van der Waals surface area contributed by atoms with Gasteiger partial charge in [0.2, 0.25) is 5.91 Å². The molecule has 1 aliphatic carbocycles. The van der Waals surface area contributed by atoms with E-state index in [-0.39, 0.29) is 17.9 Å². The van der Waals surface area contributed by atoms with Gasteiger partial charge in [-0.1, -0.05) is 31.4 Å². The number of nitriles is 1. The molecule has 1 aromatic rings. The normalized spacial score (nSPS) is 17.5. The van der Waals surface area contributed by atoms with Crippen molar-refractivity contribution in [2.75, 3.05) is 0 Å². The van der Waals surface area contributed by atoms with E-state index in [0.717, 1.165) is 18.4 Å². The zero-order valence-electron chi connectivity index (χ0n) is 11.4. The summed E-state index contributed by atoms with van der Waals surface area (Å²) in [6, 6.07) is 9.50. The van der Waals surface area contributed by atoms with E-state index in [1.54, 1.807) is 12.1 Å². The predicted molar refractivity (Wildman–Crippen MR) is 74.3 cm³/mol. The van der Waals surface area contributed by atoms with E-state index in [2.05, 4.69) is 11.4 Å². The highest BCUT2D eigenvalue weighted by molar-refractivity contribution is 5.79. The van der Waals surface area contributed by atoms with Crippen LogP contribution in [-0.2, 0) is 4.79 Å². The van der Waals surface area contributed by atoms with E-state index in [1.165, 1.54) is 19.3 Å². The number of hydrogen-bond acceptors (Lipinski definition) is 2. The summed E-state index contributed by atoms with van der Waals surface area (Å²) >= 11 is 0. The molecular formula is C16H20N2O. The van der Waals surface area contributed by atoms with Crippen molar-refractivity contribution in [2.24, 2.45) is 5.92 Å². The molecule has 0 aliphatic heterocycles. The minimum absolute atomic E-state index is 0.00201. The van der Waals surface area contributed by atoms with Crippen molar-refractivity contribution >= 4 is 5.91 Å². The second kappa shape index (κ2) is 6.38. The highest BCUT2D eigenvalue weighted by Gasteiger charge is 2.22. The Morgan fingerprint density at radius 3 is 2.47 bits per heavy atom. The van der Waals surface area contributed by atoms with Gasteiger partial charge >= 0.3 is 0 Å². The summed E-state index contributed by atoms with van der Waals surface area (Å²) in [4.78, 5) is 12.1. The van der Waals surface area contributed by atoms with E-state index in [1.807, 2.05) is 19.1 Å². The van der Waals surface area contributed by atoms with E-state index < -0.39 is 0 Å². The molecule has 2 rings (SSSR count). The third kappa shape index (κ3) is 3.57. The minimum atomic E-state index is 0.00201. The van der Waals surface area contributed by atoms with Gasteiger partial charge in [0.1, 0.15) is 0 Å². The zero-order chi connectivity index (χ0) is 13.7. The van der Waals surface area contributed by atoms with Crippen LogP contribution in [0.2, 0.25) is 0 Å². The van der Waals surface area contributed by atoms with Gasteiger partial charge in [-0.15, -0.1) is 0 Å². The average Bonchev–Trinajstić information content (AvgIpc) is 2.48. The molecule has 1 fully saturated rings. The van der Waals surface area contributed by atoms with Crippen LogP contribution in [0.25, 0.3) is 0 Å². The molecule has 1 aliphatic rings. The standard InChI is InChI=1S/C16H20N2O/c1-12(14-9-7-13(11-17)8-10-14)18-16(19)15-5-3-2-4-6-15/h7-10,12,15H,2-6H2,1H3,(H,18,19). The Balaban J connectivity index is 1.93. The highest BCUT2D eigenvalue weighted by Crippen LogP contribution is 2.24. The van der Waals surface area contributed by atoms with Crippen molar-refractivity contribution in [1.82, 2.24) is 5.32 Å². The number of nitrogens with one attached hydrogen (secondary N) is 1. The van der Waals surface area contributed by atoms with Crippen LogP contribution in [-0.4, -0.2) is 5.91 Å². The molecule has 0 radical (unpaired) electrons. The van der Waals surface area contributed by atoms with Crippen molar-refractivity contribution in [3.63, 3.8) is 0 Å². The number of carbonyl (C=O) groups is 1. The van der Waals surface area contributed by atoms with Gasteiger partial charge in [-0.25, -0.2) is 0 Å². The summed E-state index contributed by atoms with van der Waals surface area (Å²) in [7, 11) is 0. The number of rotatable bonds is 3. The number of carbonyl (C=O) groups excluding carboxylic acids is 1. The first kappa shape index (κ1) is 13.6. The van der Waals surface area contributed by atoms with E-state index >= 15 is 0 Å². The van der Waals surface area contributed by atoms with Gasteiger partial charge in [0.15, 0.2) is 0 Å². The maximum Gasteiger partial charge on any atom is 0.223 e. The molecule has 1 aromatic carbocycles. The lowest BCUT2D eigenvalue weighted by Gasteiger charge is -2.23. The molecule has 0 spiro atoms. The summed E-state index contributed by atoms with van der Waals surface area (Å²) in [5, 5.41) is 11.8. The van der Waals surface area contributed by atoms with Gasteiger partial charge in [-0.3, -0.25) is 4.79 Å². The third-order valence-electron chi connectivity index (χ3n) is 3.87. The molecule has 0 aromatic heterocycles. The zero-order valence-corrected chi connectivity index (χ0v) is 11.4. The number of hydrogen-bond donors (Lipinski definition) is 1. The number of amides is 1. The van der Waals surface area contributed by atoms with Crippen LogP contribution in [0.5, 0.6) is 0 Å². The molecule has 0 bridgehead atoms. The maximum atomic E-state index is 12.1. The van der Waals surface area contributed by atoms with Gasteiger partial charge in [-0.2, -0.15) is 5.26 Å². The van der Waals surface area contributed by atoms with Gasteiger partial charge in [0.25, 0.3) is 0 Å². The summed E-state index contributed by atoms with van der Waals surface area (Å²) in [5.41, 5.74) is 1.69. The lowest BCUT2D eigenvalue weighted by molar-refractivity contribution is -0.126. The Morgan fingerprint density at radius 1 is 1.26 bits per heavy atom. The molecule has 1 atom stereocenters. The monoisotopic (exact) mass is 256 g/mol. The van der Waals surface area contributed by atoms with Crippen LogP contribution < -0.4 is 5.32 Å². The van der Waals surface area contributed by atoms with Crippen LogP contribution in [0.15, 0.2) is 24.3 Å². The van der Waals surface area contributed by atoms with E-state index in [0.29, 0.717) is 5.56 Å². The predicted octanol–water partition coefficient (Wildman–Crippen LogP) is 3.32. The first-order valence-corrected chi connectivity index (χ1v) is 7.01. The molecule has 3 nitrogen and oxygen atoms in total. The first-order valence-electron chi connectivity index (χ1n) is 7.01. The molecule has 3 heteroatoms. The fourth-order valence-corrected chi connectivity index (χ4v) is 2.63. The molecule has 1 amide bonds. The van der Waals surface area contributed by atoms with Gasteiger partial charge in [0, 0.05) is 5.92 Å². The van der Waals surface area contributed by atoms with Crippen LogP contribution >= 0.6 is 0 Å². The Bertz CT molecular complexity index is 467. The number of benzene rings is 1. The van der Waals surface area contributed by atoms with Crippen LogP contribution in [0.3, 0.4) is 0 Å². The largest absolute Gasteiger partial charge is 0.349 e. The summed E-state index contributed by atoms with van der Waals surface area (Å²) in [6.45, 7) is 1.99. The topological polar surface area (TPSA) is 52.9 Å². The van der Waals surface area contributed by atoms with E-state index in [4.69, 9.17) is 5.26 Å². The van der Waals surface area contributed by atoms with Crippen molar-refractivity contribution in [2.45, 2.75) is 45.1 Å². The Hall–Kier alpha value is -1.82. The van der Waals surface area contributed by atoms with Crippen LogP contribution in [0, 0.1) is 17.2 Å². The van der Waals surface area contributed by atoms with Gasteiger partial charge in [-0.05, 0) is 37.5 Å². The molecule has 0 heterocycles. The molecular weight excluding hydrogens is 236 g/mol. The SMILES string of the molecule is CC(NC(=O)C1CCCCC1)c1ccc(C#N)cc1. The average molecular weight is 256 g/mol. The van der Waals surface area contributed by atoms with Gasteiger partial charge < -0.3 is 5.32 Å². The first-order chi connectivity index (χ1) is 9.20. The fraction of sp³-hybridized carbons (Fsp3) is 0.500. The lowest BCUT2D eigenvalue weighted by atomic mass is 9.88. The fourth-order valence-electron chi connectivity index (χ4n) is 2.63. The number of nitrogens with zero attached hydrogens (tertiary/aromatic N) is 1. The summed E-state index contributed by atoms with van der Waals surface area (Å²) in [6.07, 6.45) is 5.64. The van der Waals surface area contributed by atoms with Crippen LogP contribution in [0.1, 0.15) is 56.2 Å². The molecule has 1 saturated carbocycles. The lowest BCUT2D eigenvalue weighted by Crippen LogP contribution is -2.33. The second-order valence-corrected chi connectivity index (χ2v) is 5.30. The van der Waals surface area contributed by atoms with Crippen LogP contribution in [0.4, 0.5) is 0 Å². The van der Waals surface area contributed by atoms with Gasteiger partial charge in [0.05, 0.1) is 17.7 Å². The summed E-state index contributed by atoms with van der Waals surface area (Å²) in [5.74, 6) is 0.367. The molecule has 100 valence electrons. The Labute approximate surface area is 114 Å². The van der Waals surface area contributed by atoms with Crippen molar-refractivity contribution in [3.05, 3.63) is 35.4 Å². The second-order valence-electron chi connectivity index (χ2n) is 5.30. The van der Waals surface area contributed by atoms with E-state index in [9.17, 15) is 4.79 Å². The Morgan fingerprint density at radius 2 is 1.89 bits per heavy atom. The van der Waals surface area contributed by atoms with Crippen molar-refractivity contribution in [3.8, 4) is 6.07 Å². The van der Waals surface area contributed by atoms with Crippen molar-refractivity contribution in [1.29, 1.82) is 5.26 Å². The maximum absolute atomic E-state index is 12.1. The quantitative estimate of drug-likeness (QED) is 0.902. The third-order valence-corrected chi connectivity index (χ3v) is 3.87. The summed E-state index contributed by atoms with van der Waals surface area (Å²) < 4.78 is 0. The Kier molecular flexibility index (Phi) is 4.57. The molecule has 19 heavy (non-hydrogen) atoms. The smallest absolute Gasteiger partial charge is 0.223 e.